The van der Waals surface area contributed by atoms with Crippen molar-refractivity contribution in [1.29, 1.82) is 0 Å². The van der Waals surface area contributed by atoms with Crippen LogP contribution < -0.4 is 5.73 Å². The molecule has 0 saturated carbocycles. The molecule has 1 aromatic heterocycles. The van der Waals surface area contributed by atoms with Crippen LogP contribution in [0.1, 0.15) is 0 Å². The number of aromatic nitrogens is 2. The Bertz CT molecular complexity index is 753. The zero-order valence-corrected chi connectivity index (χ0v) is 12.8. The molecule has 3 nitrogen and oxygen atoms in total. The van der Waals surface area contributed by atoms with Crippen LogP contribution in [0.15, 0.2) is 59.1 Å². The van der Waals surface area contributed by atoms with E-state index in [0.29, 0.717) is 10.8 Å². The van der Waals surface area contributed by atoms with E-state index in [9.17, 15) is 0 Å². The highest BCUT2D eigenvalue weighted by molar-refractivity contribution is 9.10. The predicted molar refractivity (Wildman–Crippen MR) is 86.1 cm³/mol. The molecule has 0 saturated heterocycles. The molecule has 0 unspecified atom stereocenters. The minimum atomic E-state index is 0.588. The van der Waals surface area contributed by atoms with Crippen LogP contribution in [0.5, 0.6) is 0 Å². The average molecular weight is 349 g/mol. The van der Waals surface area contributed by atoms with Crippen LogP contribution in [0.25, 0.3) is 16.9 Å². The molecular weight excluding hydrogens is 338 g/mol. The Kier molecular flexibility index (Phi) is 3.51. The summed E-state index contributed by atoms with van der Waals surface area (Å²) >= 11 is 9.49. The van der Waals surface area contributed by atoms with Gasteiger partial charge in [0.1, 0.15) is 5.82 Å². The number of nitrogen functional groups attached to an aromatic ring is 1. The minimum absolute atomic E-state index is 0.588. The van der Waals surface area contributed by atoms with Gasteiger partial charge in [0.15, 0.2) is 0 Å². The molecule has 0 radical (unpaired) electrons. The van der Waals surface area contributed by atoms with Crippen LogP contribution in [0.2, 0.25) is 5.02 Å². The molecule has 3 aromatic rings. The van der Waals surface area contributed by atoms with Gasteiger partial charge in [0.05, 0.1) is 16.4 Å². The maximum atomic E-state index is 6.11. The first-order valence-electron chi connectivity index (χ1n) is 6.01. The van der Waals surface area contributed by atoms with Gasteiger partial charge in [-0.1, -0.05) is 35.9 Å². The van der Waals surface area contributed by atoms with Crippen LogP contribution in [-0.4, -0.2) is 9.78 Å². The molecule has 1 heterocycles. The van der Waals surface area contributed by atoms with Crippen molar-refractivity contribution >= 4 is 33.3 Å². The van der Waals surface area contributed by atoms with Gasteiger partial charge < -0.3 is 5.73 Å². The largest absolute Gasteiger partial charge is 0.384 e. The first kappa shape index (κ1) is 13.2. The molecule has 3 rings (SSSR count). The van der Waals surface area contributed by atoms with Gasteiger partial charge in [-0.25, -0.2) is 4.68 Å². The summed E-state index contributed by atoms with van der Waals surface area (Å²) in [4.78, 5) is 0. The van der Waals surface area contributed by atoms with E-state index >= 15 is 0 Å². The van der Waals surface area contributed by atoms with Gasteiger partial charge in [-0.05, 0) is 40.2 Å². The van der Waals surface area contributed by atoms with Crippen molar-refractivity contribution in [1.82, 2.24) is 9.78 Å². The lowest BCUT2D eigenvalue weighted by Gasteiger charge is -2.03. The molecule has 0 aliphatic heterocycles. The lowest BCUT2D eigenvalue weighted by atomic mass is 10.1. The Morgan fingerprint density at radius 3 is 2.50 bits per heavy atom. The van der Waals surface area contributed by atoms with E-state index < -0.39 is 0 Å². The fourth-order valence-corrected chi connectivity index (χ4v) is 2.40. The van der Waals surface area contributed by atoms with Crippen molar-refractivity contribution in [2.24, 2.45) is 0 Å². The third-order valence-electron chi connectivity index (χ3n) is 2.95. The van der Waals surface area contributed by atoms with Gasteiger partial charge in [-0.3, -0.25) is 0 Å². The highest BCUT2D eigenvalue weighted by Gasteiger charge is 2.09. The molecule has 0 bridgehead atoms. The van der Waals surface area contributed by atoms with Crippen molar-refractivity contribution in [2.45, 2.75) is 0 Å². The molecule has 20 heavy (non-hydrogen) atoms. The number of hydrogen-bond donors (Lipinski definition) is 1. The second-order valence-electron chi connectivity index (χ2n) is 4.33. The SMILES string of the molecule is Nc1cc(-c2ccc(Br)c(Cl)c2)nn1-c1ccccc1. The number of nitrogens with zero attached hydrogens (tertiary/aromatic N) is 2. The highest BCUT2D eigenvalue weighted by Crippen LogP contribution is 2.29. The summed E-state index contributed by atoms with van der Waals surface area (Å²) in [5.41, 5.74) is 8.69. The molecule has 0 fully saturated rings. The zero-order valence-electron chi connectivity index (χ0n) is 10.4. The third-order valence-corrected chi connectivity index (χ3v) is 4.19. The maximum Gasteiger partial charge on any atom is 0.127 e. The lowest BCUT2D eigenvalue weighted by Crippen LogP contribution is -2.01. The van der Waals surface area contributed by atoms with E-state index in [-0.39, 0.29) is 0 Å². The molecule has 2 aromatic carbocycles. The summed E-state index contributed by atoms with van der Waals surface area (Å²) in [5, 5.41) is 5.19. The first-order valence-corrected chi connectivity index (χ1v) is 7.18. The van der Waals surface area contributed by atoms with Crippen LogP contribution >= 0.6 is 27.5 Å². The van der Waals surface area contributed by atoms with E-state index in [1.807, 2.05) is 54.6 Å². The molecular formula is C15H11BrClN3. The monoisotopic (exact) mass is 347 g/mol. The second-order valence-corrected chi connectivity index (χ2v) is 5.59. The summed E-state index contributed by atoms with van der Waals surface area (Å²) in [7, 11) is 0. The van der Waals surface area contributed by atoms with Crippen molar-refractivity contribution in [3.05, 3.63) is 64.1 Å². The Morgan fingerprint density at radius 1 is 1.05 bits per heavy atom. The minimum Gasteiger partial charge on any atom is -0.384 e. The lowest BCUT2D eigenvalue weighted by molar-refractivity contribution is 0.895. The summed E-state index contributed by atoms with van der Waals surface area (Å²) < 4.78 is 2.57. The fraction of sp³-hybridized carbons (Fsp3) is 0. The summed E-state index contributed by atoms with van der Waals surface area (Å²) in [5.74, 6) is 0.588. The standard InChI is InChI=1S/C15H11BrClN3/c16-12-7-6-10(8-13(12)17)14-9-15(18)20(19-14)11-4-2-1-3-5-11/h1-9H,18H2. The van der Waals surface area contributed by atoms with E-state index in [2.05, 4.69) is 21.0 Å². The molecule has 0 aliphatic carbocycles. The smallest absolute Gasteiger partial charge is 0.127 e. The van der Waals surface area contributed by atoms with Crippen molar-refractivity contribution in [3.8, 4) is 16.9 Å². The average Bonchev–Trinajstić information content (AvgIpc) is 2.85. The first-order chi connectivity index (χ1) is 9.65. The third kappa shape index (κ3) is 2.44. The summed E-state index contributed by atoms with van der Waals surface area (Å²) in [6.45, 7) is 0. The fourth-order valence-electron chi connectivity index (χ4n) is 1.97. The number of benzene rings is 2. The number of para-hydroxylation sites is 1. The number of rotatable bonds is 2. The van der Waals surface area contributed by atoms with E-state index in [1.54, 1.807) is 4.68 Å². The number of anilines is 1. The topological polar surface area (TPSA) is 43.8 Å². The van der Waals surface area contributed by atoms with Crippen LogP contribution in [0, 0.1) is 0 Å². The van der Waals surface area contributed by atoms with Gasteiger partial charge in [-0.2, -0.15) is 5.10 Å². The molecule has 2 N–H and O–H groups in total. The van der Waals surface area contributed by atoms with Crippen LogP contribution in [0.3, 0.4) is 0 Å². The molecule has 0 amide bonds. The van der Waals surface area contributed by atoms with Crippen molar-refractivity contribution in [2.75, 3.05) is 5.73 Å². The Labute approximate surface area is 130 Å². The van der Waals surface area contributed by atoms with Gasteiger partial charge >= 0.3 is 0 Å². The molecule has 5 heteroatoms. The van der Waals surface area contributed by atoms with Crippen molar-refractivity contribution in [3.63, 3.8) is 0 Å². The summed E-state index contributed by atoms with van der Waals surface area (Å²) in [6.07, 6.45) is 0. The normalized spacial score (nSPS) is 10.7. The van der Waals surface area contributed by atoms with E-state index in [4.69, 9.17) is 17.3 Å². The van der Waals surface area contributed by atoms with Crippen molar-refractivity contribution < 1.29 is 0 Å². The van der Waals surface area contributed by atoms with Crippen LogP contribution in [-0.2, 0) is 0 Å². The quantitative estimate of drug-likeness (QED) is 0.739. The Hall–Kier alpha value is -1.78. The van der Waals surface area contributed by atoms with Gasteiger partial charge in [0, 0.05) is 16.1 Å². The van der Waals surface area contributed by atoms with Gasteiger partial charge in [0.25, 0.3) is 0 Å². The number of hydrogen-bond acceptors (Lipinski definition) is 2. The molecule has 100 valence electrons. The number of nitrogens with two attached hydrogens (primary N) is 1. The molecule has 0 aliphatic rings. The van der Waals surface area contributed by atoms with E-state index in [0.717, 1.165) is 21.4 Å². The second kappa shape index (κ2) is 5.31. The molecule has 0 atom stereocenters. The molecule has 0 spiro atoms. The van der Waals surface area contributed by atoms with Crippen LogP contribution in [0.4, 0.5) is 5.82 Å². The number of halogens is 2. The summed E-state index contributed by atoms with van der Waals surface area (Å²) in [6, 6.07) is 17.3. The van der Waals surface area contributed by atoms with E-state index in [1.165, 1.54) is 0 Å². The predicted octanol–water partition coefficient (Wildman–Crippen LogP) is 4.54. The zero-order chi connectivity index (χ0) is 14.1. The van der Waals surface area contributed by atoms with Gasteiger partial charge in [-0.15, -0.1) is 0 Å². The van der Waals surface area contributed by atoms with Gasteiger partial charge in [0.2, 0.25) is 0 Å². The Balaban J connectivity index is 2.06. The Morgan fingerprint density at radius 2 is 1.80 bits per heavy atom. The highest BCUT2D eigenvalue weighted by atomic mass is 79.9. The maximum absolute atomic E-state index is 6.11.